The number of allylic oxidation sites excluding steroid dienone is 2. The van der Waals surface area contributed by atoms with Crippen LogP contribution in [-0.4, -0.2) is 0 Å². The minimum Gasteiger partial charge on any atom is -0.198 e. The first-order chi connectivity index (χ1) is 5.70. The minimum absolute atomic E-state index is 0.00733. The van der Waals surface area contributed by atoms with Crippen molar-refractivity contribution in [2.75, 3.05) is 0 Å². The summed E-state index contributed by atoms with van der Waals surface area (Å²) in [5.74, 6) is -0.00733. The first-order valence-corrected chi connectivity index (χ1v) is 4.14. The van der Waals surface area contributed by atoms with Crippen molar-refractivity contribution in [2.24, 2.45) is 5.92 Å². The Morgan fingerprint density at radius 1 is 1.50 bits per heavy atom. The zero-order valence-corrected chi connectivity index (χ0v) is 7.67. The Morgan fingerprint density at radius 3 is 2.67 bits per heavy atom. The lowest BCUT2D eigenvalue weighted by atomic mass is 10.1. The van der Waals surface area contributed by atoms with Crippen LogP contribution in [0.4, 0.5) is 0 Å². The van der Waals surface area contributed by atoms with E-state index in [0.717, 1.165) is 12.8 Å². The molecule has 0 amide bonds. The van der Waals surface area contributed by atoms with Gasteiger partial charge in [-0.1, -0.05) is 11.6 Å². The summed E-state index contributed by atoms with van der Waals surface area (Å²) in [6.45, 7) is 3.87. The van der Waals surface area contributed by atoms with Crippen LogP contribution in [0.2, 0.25) is 0 Å². The van der Waals surface area contributed by atoms with Crippen LogP contribution in [0.1, 0.15) is 33.1 Å². The van der Waals surface area contributed by atoms with Crippen molar-refractivity contribution in [1.82, 2.24) is 0 Å². The third-order valence-electron chi connectivity index (χ3n) is 1.60. The highest BCUT2D eigenvalue weighted by atomic mass is 14.2. The van der Waals surface area contributed by atoms with E-state index in [2.05, 4.69) is 12.1 Å². The molecule has 0 aromatic heterocycles. The molecule has 0 saturated carbocycles. The van der Waals surface area contributed by atoms with Crippen LogP contribution < -0.4 is 0 Å². The van der Waals surface area contributed by atoms with Crippen molar-refractivity contribution >= 4 is 0 Å². The zero-order valence-electron chi connectivity index (χ0n) is 7.67. The first kappa shape index (κ1) is 10.7. The number of hydrogen-bond acceptors (Lipinski definition) is 2. The molecule has 0 aliphatic heterocycles. The Labute approximate surface area is 74.1 Å². The van der Waals surface area contributed by atoms with Gasteiger partial charge in [-0.2, -0.15) is 10.5 Å². The van der Waals surface area contributed by atoms with Gasteiger partial charge in [-0.25, -0.2) is 0 Å². The van der Waals surface area contributed by atoms with Gasteiger partial charge in [-0.15, -0.1) is 0 Å². The molecule has 0 aromatic carbocycles. The molecule has 0 rings (SSSR count). The van der Waals surface area contributed by atoms with Crippen LogP contribution >= 0.6 is 0 Å². The van der Waals surface area contributed by atoms with E-state index < -0.39 is 0 Å². The molecule has 0 saturated heterocycles. The van der Waals surface area contributed by atoms with Gasteiger partial charge in [0.25, 0.3) is 0 Å². The van der Waals surface area contributed by atoms with Crippen molar-refractivity contribution in [2.45, 2.75) is 33.1 Å². The largest absolute Gasteiger partial charge is 0.198 e. The Morgan fingerprint density at radius 2 is 2.17 bits per heavy atom. The summed E-state index contributed by atoms with van der Waals surface area (Å²) in [7, 11) is 0. The average molecular weight is 162 g/mol. The Balaban J connectivity index is 3.73. The van der Waals surface area contributed by atoms with Crippen LogP contribution in [0.5, 0.6) is 0 Å². The molecule has 0 radical (unpaired) electrons. The van der Waals surface area contributed by atoms with E-state index in [1.54, 1.807) is 0 Å². The van der Waals surface area contributed by atoms with Crippen molar-refractivity contribution in [3.8, 4) is 12.1 Å². The molecule has 2 nitrogen and oxygen atoms in total. The van der Waals surface area contributed by atoms with E-state index >= 15 is 0 Å². The maximum atomic E-state index is 8.51. The number of nitriles is 2. The molecule has 1 unspecified atom stereocenters. The molecule has 2 heteroatoms. The van der Waals surface area contributed by atoms with Crippen LogP contribution in [-0.2, 0) is 0 Å². The third kappa shape index (κ3) is 5.50. The van der Waals surface area contributed by atoms with Gasteiger partial charge in [0, 0.05) is 6.42 Å². The minimum atomic E-state index is -0.00733. The lowest BCUT2D eigenvalue weighted by molar-refractivity contribution is 0.820. The fourth-order valence-electron chi connectivity index (χ4n) is 0.994. The van der Waals surface area contributed by atoms with Gasteiger partial charge in [-0.05, 0) is 26.7 Å². The number of unbranched alkanes of at least 4 members (excludes halogenated alkanes) is 1. The Kier molecular flexibility index (Phi) is 5.75. The maximum absolute atomic E-state index is 8.51. The number of rotatable bonds is 4. The van der Waals surface area contributed by atoms with Crippen molar-refractivity contribution in [1.29, 1.82) is 10.5 Å². The molecule has 12 heavy (non-hydrogen) atoms. The summed E-state index contributed by atoms with van der Waals surface area (Å²) in [4.78, 5) is 0. The molecule has 64 valence electrons. The molecule has 1 atom stereocenters. The monoisotopic (exact) mass is 162 g/mol. The fourth-order valence-corrected chi connectivity index (χ4v) is 0.994. The average Bonchev–Trinajstić information content (AvgIpc) is 2.05. The van der Waals surface area contributed by atoms with E-state index in [1.165, 1.54) is 5.57 Å². The molecule has 0 bridgehead atoms. The molecule has 0 aliphatic carbocycles. The summed E-state index contributed by atoms with van der Waals surface area (Å²) < 4.78 is 0. The predicted octanol–water partition coefficient (Wildman–Crippen LogP) is 2.79. The van der Waals surface area contributed by atoms with Gasteiger partial charge in [0.1, 0.15) is 0 Å². The van der Waals surface area contributed by atoms with E-state index in [1.807, 2.05) is 19.9 Å². The Hall–Kier alpha value is -1.28. The van der Waals surface area contributed by atoms with Crippen LogP contribution in [0.25, 0.3) is 0 Å². The van der Waals surface area contributed by atoms with Crippen molar-refractivity contribution in [3.63, 3.8) is 0 Å². The molecule has 0 aromatic rings. The molecule has 0 heterocycles. The lowest BCUT2D eigenvalue weighted by Crippen LogP contribution is -1.86. The van der Waals surface area contributed by atoms with Crippen molar-refractivity contribution < 1.29 is 0 Å². The van der Waals surface area contributed by atoms with Gasteiger partial charge in [0.15, 0.2) is 0 Å². The molecular formula is C10H14N2. The lowest BCUT2D eigenvalue weighted by Gasteiger charge is -1.99. The predicted molar refractivity (Wildman–Crippen MR) is 48.0 cm³/mol. The maximum Gasteiger partial charge on any atom is 0.0694 e. The highest BCUT2D eigenvalue weighted by Crippen LogP contribution is 2.09. The van der Waals surface area contributed by atoms with Crippen LogP contribution in [0, 0.1) is 28.6 Å². The third-order valence-corrected chi connectivity index (χ3v) is 1.60. The van der Waals surface area contributed by atoms with Gasteiger partial charge in [-0.3, -0.25) is 0 Å². The van der Waals surface area contributed by atoms with Crippen molar-refractivity contribution in [3.05, 3.63) is 11.6 Å². The SMILES string of the molecule is C/C(=C\C(C)C#N)CCCC#N. The van der Waals surface area contributed by atoms with Crippen LogP contribution in [0.15, 0.2) is 11.6 Å². The summed E-state index contributed by atoms with van der Waals surface area (Å²) >= 11 is 0. The molecule has 0 aliphatic rings. The summed E-state index contributed by atoms with van der Waals surface area (Å²) in [6, 6.07) is 4.24. The second kappa shape index (κ2) is 6.43. The van der Waals surface area contributed by atoms with Crippen LogP contribution in [0.3, 0.4) is 0 Å². The zero-order chi connectivity index (χ0) is 9.40. The summed E-state index contributed by atoms with van der Waals surface area (Å²) in [6.07, 6.45) is 4.39. The normalized spacial score (nSPS) is 13.2. The standard InChI is InChI=1S/C10H14N2/c1-9(5-3-4-6-11)7-10(2)8-12/h7,10H,3-5H2,1-2H3/b9-7+. The molecule has 0 N–H and O–H groups in total. The molecule has 0 fully saturated rings. The molecular weight excluding hydrogens is 148 g/mol. The quantitative estimate of drug-likeness (QED) is 0.471. The van der Waals surface area contributed by atoms with Gasteiger partial charge in [0.05, 0.1) is 18.1 Å². The second-order valence-electron chi connectivity index (χ2n) is 2.94. The van der Waals surface area contributed by atoms with E-state index in [-0.39, 0.29) is 5.92 Å². The smallest absolute Gasteiger partial charge is 0.0694 e. The van der Waals surface area contributed by atoms with E-state index in [9.17, 15) is 0 Å². The van der Waals surface area contributed by atoms with Gasteiger partial charge >= 0.3 is 0 Å². The summed E-state index contributed by atoms with van der Waals surface area (Å²) in [5, 5.41) is 16.8. The van der Waals surface area contributed by atoms with Gasteiger partial charge < -0.3 is 0 Å². The second-order valence-corrected chi connectivity index (χ2v) is 2.94. The van der Waals surface area contributed by atoms with E-state index in [4.69, 9.17) is 10.5 Å². The number of hydrogen-bond donors (Lipinski definition) is 0. The van der Waals surface area contributed by atoms with E-state index in [0.29, 0.717) is 6.42 Å². The van der Waals surface area contributed by atoms with Gasteiger partial charge in [0.2, 0.25) is 0 Å². The Bertz CT molecular complexity index is 227. The topological polar surface area (TPSA) is 47.6 Å². The molecule has 0 spiro atoms. The highest BCUT2D eigenvalue weighted by Gasteiger charge is 1.95. The number of nitrogens with zero attached hydrogens (tertiary/aromatic N) is 2. The highest BCUT2D eigenvalue weighted by molar-refractivity contribution is 5.06. The fraction of sp³-hybridized carbons (Fsp3) is 0.600. The summed E-state index contributed by atoms with van der Waals surface area (Å²) in [5.41, 5.74) is 1.21. The first-order valence-electron chi connectivity index (χ1n) is 4.14.